The van der Waals surface area contributed by atoms with Crippen molar-refractivity contribution in [3.63, 3.8) is 0 Å². The van der Waals surface area contributed by atoms with Crippen LogP contribution in [0, 0.1) is 6.92 Å². The number of rotatable bonds is 2. The second kappa shape index (κ2) is 4.51. The molecule has 0 atom stereocenters. The lowest BCUT2D eigenvalue weighted by Crippen LogP contribution is -2.11. The van der Waals surface area contributed by atoms with Crippen molar-refractivity contribution in [1.82, 2.24) is 4.98 Å². The summed E-state index contributed by atoms with van der Waals surface area (Å²) in [5.74, 6) is 0. The maximum atomic E-state index is 6.13. The van der Waals surface area contributed by atoms with E-state index < -0.39 is 0 Å². The number of pyridine rings is 1. The highest BCUT2D eigenvalue weighted by molar-refractivity contribution is 6.32. The lowest BCUT2D eigenvalue weighted by atomic mass is 10.1. The summed E-state index contributed by atoms with van der Waals surface area (Å²) in [6.07, 6.45) is 0. The molecule has 0 spiro atoms. The van der Waals surface area contributed by atoms with E-state index in [4.69, 9.17) is 17.3 Å². The van der Waals surface area contributed by atoms with E-state index in [-0.39, 0.29) is 0 Å². The van der Waals surface area contributed by atoms with Gasteiger partial charge in [-0.1, -0.05) is 11.6 Å². The van der Waals surface area contributed by atoms with Crippen LogP contribution in [0.15, 0.2) is 18.2 Å². The van der Waals surface area contributed by atoms with Crippen molar-refractivity contribution in [2.45, 2.75) is 13.5 Å². The molecule has 0 saturated heterocycles. The van der Waals surface area contributed by atoms with E-state index in [1.165, 1.54) is 0 Å². The summed E-state index contributed by atoms with van der Waals surface area (Å²) in [7, 11) is 4.03. The number of hydrogen-bond donors (Lipinski definition) is 1. The number of fused-ring (bicyclic) bond motifs is 1. The van der Waals surface area contributed by atoms with Crippen molar-refractivity contribution in [3.05, 3.63) is 34.5 Å². The zero-order valence-electron chi connectivity index (χ0n) is 10.3. The molecule has 0 fully saturated rings. The monoisotopic (exact) mass is 249 g/mol. The molecular weight excluding hydrogens is 234 g/mol. The van der Waals surface area contributed by atoms with E-state index in [0.717, 1.165) is 32.9 Å². The highest BCUT2D eigenvalue weighted by Gasteiger charge is 2.10. The Morgan fingerprint density at radius 3 is 2.65 bits per heavy atom. The van der Waals surface area contributed by atoms with Crippen LogP contribution in [0.25, 0.3) is 10.9 Å². The standard InChI is InChI=1S/C13H16ClN3/c1-8-11(14)5-4-10-12(17(2)3)6-9(7-15)16-13(8)10/h4-6H,7,15H2,1-3H3. The van der Waals surface area contributed by atoms with Gasteiger partial charge in [-0.05, 0) is 30.7 Å². The molecule has 2 N–H and O–H groups in total. The minimum Gasteiger partial charge on any atom is -0.377 e. The number of anilines is 1. The van der Waals surface area contributed by atoms with Gasteiger partial charge in [0.1, 0.15) is 0 Å². The normalized spacial score (nSPS) is 10.9. The summed E-state index contributed by atoms with van der Waals surface area (Å²) >= 11 is 6.13. The van der Waals surface area contributed by atoms with Gasteiger partial charge in [-0.2, -0.15) is 0 Å². The average Bonchev–Trinajstić information content (AvgIpc) is 2.32. The van der Waals surface area contributed by atoms with Gasteiger partial charge in [0.15, 0.2) is 0 Å². The fourth-order valence-corrected chi connectivity index (χ4v) is 2.06. The summed E-state index contributed by atoms with van der Waals surface area (Å²) in [5.41, 5.74) is 9.62. The Morgan fingerprint density at radius 2 is 2.06 bits per heavy atom. The van der Waals surface area contributed by atoms with E-state index >= 15 is 0 Å². The van der Waals surface area contributed by atoms with Crippen molar-refractivity contribution < 1.29 is 0 Å². The number of benzene rings is 1. The molecule has 0 saturated carbocycles. The van der Waals surface area contributed by atoms with Gasteiger partial charge in [-0.25, -0.2) is 0 Å². The van der Waals surface area contributed by atoms with E-state index in [9.17, 15) is 0 Å². The summed E-state index contributed by atoms with van der Waals surface area (Å²) in [6.45, 7) is 2.42. The van der Waals surface area contributed by atoms with Gasteiger partial charge in [-0.15, -0.1) is 0 Å². The molecule has 1 aromatic heterocycles. The van der Waals surface area contributed by atoms with Crippen LogP contribution in [-0.4, -0.2) is 19.1 Å². The average molecular weight is 250 g/mol. The number of hydrogen-bond acceptors (Lipinski definition) is 3. The van der Waals surface area contributed by atoms with E-state index in [1.807, 2.05) is 39.2 Å². The third-order valence-electron chi connectivity index (χ3n) is 2.89. The third-order valence-corrected chi connectivity index (χ3v) is 3.30. The molecule has 0 aliphatic heterocycles. The molecule has 0 amide bonds. The Kier molecular flexibility index (Phi) is 3.22. The summed E-state index contributed by atoms with van der Waals surface area (Å²) in [5, 5.41) is 1.85. The topological polar surface area (TPSA) is 42.1 Å². The van der Waals surface area contributed by atoms with E-state index in [0.29, 0.717) is 6.54 Å². The van der Waals surface area contributed by atoms with Crippen LogP contribution in [-0.2, 0) is 6.54 Å². The molecule has 0 aliphatic carbocycles. The van der Waals surface area contributed by atoms with Crippen LogP contribution in [0.3, 0.4) is 0 Å². The molecule has 0 unspecified atom stereocenters. The van der Waals surface area contributed by atoms with Crippen LogP contribution in [0.1, 0.15) is 11.3 Å². The first-order valence-electron chi connectivity index (χ1n) is 5.50. The quantitative estimate of drug-likeness (QED) is 0.890. The fraction of sp³-hybridized carbons (Fsp3) is 0.308. The van der Waals surface area contributed by atoms with Gasteiger partial charge in [0.2, 0.25) is 0 Å². The van der Waals surface area contributed by atoms with Gasteiger partial charge in [0, 0.05) is 36.7 Å². The summed E-state index contributed by atoms with van der Waals surface area (Å²) in [4.78, 5) is 6.63. The molecule has 1 heterocycles. The molecular formula is C13H16ClN3. The number of aromatic nitrogens is 1. The Labute approximate surface area is 106 Å². The van der Waals surface area contributed by atoms with Gasteiger partial charge >= 0.3 is 0 Å². The largest absolute Gasteiger partial charge is 0.377 e. The van der Waals surface area contributed by atoms with Crippen LogP contribution in [0.5, 0.6) is 0 Å². The lowest BCUT2D eigenvalue weighted by molar-refractivity contribution is 0.997. The molecule has 4 heteroatoms. The number of aryl methyl sites for hydroxylation is 1. The molecule has 90 valence electrons. The summed E-state index contributed by atoms with van der Waals surface area (Å²) < 4.78 is 0. The maximum Gasteiger partial charge on any atom is 0.0770 e. The molecule has 2 aromatic rings. The number of halogens is 1. The molecule has 1 aromatic carbocycles. The summed E-state index contributed by atoms with van der Waals surface area (Å²) in [6, 6.07) is 5.94. The van der Waals surface area contributed by atoms with Crippen LogP contribution >= 0.6 is 11.6 Å². The molecule has 2 rings (SSSR count). The minimum absolute atomic E-state index is 0.433. The number of nitrogens with two attached hydrogens (primary N) is 1. The Hall–Kier alpha value is -1.32. The molecule has 17 heavy (non-hydrogen) atoms. The molecule has 3 nitrogen and oxygen atoms in total. The predicted octanol–water partition coefficient (Wildman–Crippen LogP) is 2.72. The second-order valence-corrected chi connectivity index (χ2v) is 4.71. The smallest absolute Gasteiger partial charge is 0.0770 e. The highest BCUT2D eigenvalue weighted by Crippen LogP contribution is 2.30. The zero-order chi connectivity index (χ0) is 12.6. The number of nitrogens with zero attached hydrogens (tertiary/aromatic N) is 2. The zero-order valence-corrected chi connectivity index (χ0v) is 11.0. The molecule has 0 bridgehead atoms. The first-order chi connectivity index (χ1) is 8.04. The van der Waals surface area contributed by atoms with Gasteiger partial charge < -0.3 is 10.6 Å². The molecule has 0 radical (unpaired) electrons. The lowest BCUT2D eigenvalue weighted by Gasteiger charge is -2.17. The second-order valence-electron chi connectivity index (χ2n) is 4.30. The van der Waals surface area contributed by atoms with Gasteiger partial charge in [0.25, 0.3) is 0 Å². The SMILES string of the molecule is Cc1c(Cl)ccc2c(N(C)C)cc(CN)nc12. The van der Waals surface area contributed by atoms with Gasteiger partial charge in [-0.3, -0.25) is 4.98 Å². The van der Waals surface area contributed by atoms with Crippen molar-refractivity contribution in [2.24, 2.45) is 5.73 Å². The van der Waals surface area contributed by atoms with Gasteiger partial charge in [0.05, 0.1) is 11.2 Å². The van der Waals surface area contributed by atoms with E-state index in [2.05, 4.69) is 9.88 Å². The van der Waals surface area contributed by atoms with Crippen molar-refractivity contribution >= 4 is 28.2 Å². The van der Waals surface area contributed by atoms with E-state index in [1.54, 1.807) is 0 Å². The Bertz CT molecular complexity index is 564. The Morgan fingerprint density at radius 1 is 1.35 bits per heavy atom. The predicted molar refractivity (Wildman–Crippen MR) is 73.7 cm³/mol. The first kappa shape index (κ1) is 12.1. The minimum atomic E-state index is 0.433. The van der Waals surface area contributed by atoms with Crippen LogP contribution in [0.4, 0.5) is 5.69 Å². The van der Waals surface area contributed by atoms with Crippen LogP contribution < -0.4 is 10.6 Å². The molecule has 0 aliphatic rings. The van der Waals surface area contributed by atoms with Crippen molar-refractivity contribution in [1.29, 1.82) is 0 Å². The van der Waals surface area contributed by atoms with Crippen LogP contribution in [0.2, 0.25) is 5.02 Å². The highest BCUT2D eigenvalue weighted by atomic mass is 35.5. The van der Waals surface area contributed by atoms with Crippen molar-refractivity contribution in [3.8, 4) is 0 Å². The maximum absolute atomic E-state index is 6.13. The fourth-order valence-electron chi connectivity index (χ4n) is 1.91. The third kappa shape index (κ3) is 2.08. The van der Waals surface area contributed by atoms with Crippen molar-refractivity contribution in [2.75, 3.05) is 19.0 Å². The first-order valence-corrected chi connectivity index (χ1v) is 5.88. The Balaban J connectivity index is 2.85.